The van der Waals surface area contributed by atoms with Gasteiger partial charge in [0.05, 0.1) is 10.4 Å². The number of hydrogen-bond acceptors (Lipinski definition) is 4. The molecule has 0 spiro atoms. The number of sulfonamides is 1. The Hall–Kier alpha value is -2.44. The van der Waals surface area contributed by atoms with Crippen LogP contribution < -0.4 is 9.62 Å². The van der Waals surface area contributed by atoms with Crippen LogP contribution >= 0.6 is 0 Å². The van der Waals surface area contributed by atoms with Gasteiger partial charge in [0.25, 0.3) is 0 Å². The summed E-state index contributed by atoms with van der Waals surface area (Å²) < 4.78 is 29.0. The molecule has 2 heterocycles. The molecule has 1 saturated heterocycles. The Labute approximate surface area is 166 Å². The van der Waals surface area contributed by atoms with Gasteiger partial charge >= 0.3 is 0 Å². The summed E-state index contributed by atoms with van der Waals surface area (Å²) in [5.41, 5.74) is 4.72. The van der Waals surface area contributed by atoms with E-state index in [1.807, 2.05) is 51.1 Å². The lowest BCUT2D eigenvalue weighted by molar-refractivity contribution is 0.560. The smallest absolute Gasteiger partial charge is 0.241 e. The molecule has 4 rings (SSSR count). The topological polar surface area (TPSA) is 62.3 Å². The van der Waals surface area contributed by atoms with Gasteiger partial charge in [-0.2, -0.15) is 0 Å². The third-order valence-electron chi connectivity index (χ3n) is 5.35. The second-order valence-corrected chi connectivity index (χ2v) is 9.28. The van der Waals surface area contributed by atoms with Crippen molar-refractivity contribution in [2.45, 2.75) is 38.1 Å². The zero-order chi connectivity index (χ0) is 19.9. The maximum atomic E-state index is 13.1. The number of anilines is 1. The maximum Gasteiger partial charge on any atom is 0.241 e. The van der Waals surface area contributed by atoms with Crippen molar-refractivity contribution >= 4 is 26.6 Å². The molecule has 0 radical (unpaired) electrons. The fraction of sp³-hybridized carbons (Fsp3) is 0.318. The van der Waals surface area contributed by atoms with E-state index in [2.05, 4.69) is 26.7 Å². The summed E-state index contributed by atoms with van der Waals surface area (Å²) in [6, 6.07) is 13.8. The van der Waals surface area contributed by atoms with Crippen LogP contribution in [-0.4, -0.2) is 32.5 Å². The number of rotatable bonds is 4. The lowest BCUT2D eigenvalue weighted by Crippen LogP contribution is -2.37. The minimum absolute atomic E-state index is 0.114. The van der Waals surface area contributed by atoms with E-state index in [0.29, 0.717) is 11.4 Å². The lowest BCUT2D eigenvalue weighted by atomic mass is 10.1. The van der Waals surface area contributed by atoms with Crippen molar-refractivity contribution in [3.63, 3.8) is 0 Å². The summed E-state index contributed by atoms with van der Waals surface area (Å²) in [7, 11) is -3.56. The summed E-state index contributed by atoms with van der Waals surface area (Å²) >= 11 is 0. The van der Waals surface area contributed by atoms with Gasteiger partial charge in [0.15, 0.2) is 0 Å². The zero-order valence-electron chi connectivity index (χ0n) is 16.4. The Balaban J connectivity index is 1.57. The molecular weight excluding hydrogens is 370 g/mol. The van der Waals surface area contributed by atoms with Crippen LogP contribution in [0.5, 0.6) is 0 Å². The van der Waals surface area contributed by atoms with Crippen LogP contribution in [0.15, 0.2) is 53.6 Å². The van der Waals surface area contributed by atoms with Crippen LogP contribution in [0.3, 0.4) is 0 Å². The fourth-order valence-electron chi connectivity index (χ4n) is 4.31. The van der Waals surface area contributed by atoms with E-state index in [9.17, 15) is 8.42 Å². The molecule has 1 atom stereocenters. The number of fused-ring (bicyclic) bond motifs is 1. The van der Waals surface area contributed by atoms with Gasteiger partial charge in [0.1, 0.15) is 0 Å². The molecule has 0 unspecified atom stereocenters. The second kappa shape index (κ2) is 7.18. The van der Waals surface area contributed by atoms with Crippen molar-refractivity contribution in [3.05, 3.63) is 65.4 Å². The van der Waals surface area contributed by atoms with Gasteiger partial charge in [-0.05, 0) is 62.6 Å². The summed E-state index contributed by atoms with van der Waals surface area (Å²) in [4.78, 5) is 7.07. The summed E-state index contributed by atoms with van der Waals surface area (Å²) in [6.07, 6.45) is 2.57. The third kappa shape index (κ3) is 3.50. The van der Waals surface area contributed by atoms with Crippen LogP contribution in [0.1, 0.15) is 23.1 Å². The van der Waals surface area contributed by atoms with Gasteiger partial charge in [-0.1, -0.05) is 23.8 Å². The molecule has 28 heavy (non-hydrogen) atoms. The third-order valence-corrected chi connectivity index (χ3v) is 7.17. The van der Waals surface area contributed by atoms with Gasteiger partial charge in [0, 0.05) is 36.4 Å². The van der Waals surface area contributed by atoms with Gasteiger partial charge in [-0.15, -0.1) is 0 Å². The molecule has 1 aliphatic rings. The molecule has 1 aromatic heterocycles. The Morgan fingerprint density at radius 1 is 1.07 bits per heavy atom. The first-order chi connectivity index (χ1) is 13.3. The van der Waals surface area contributed by atoms with Crippen molar-refractivity contribution < 1.29 is 8.42 Å². The highest BCUT2D eigenvalue weighted by Crippen LogP contribution is 2.29. The van der Waals surface area contributed by atoms with Gasteiger partial charge in [0.2, 0.25) is 10.0 Å². The fourth-order valence-corrected chi connectivity index (χ4v) is 6.02. The predicted molar refractivity (Wildman–Crippen MR) is 113 cm³/mol. The van der Waals surface area contributed by atoms with E-state index < -0.39 is 10.0 Å². The molecule has 5 nitrogen and oxygen atoms in total. The molecular formula is C22H25N3O2S. The largest absolute Gasteiger partial charge is 0.369 e. The van der Waals surface area contributed by atoms with E-state index in [-0.39, 0.29) is 6.04 Å². The molecule has 3 aromatic rings. The number of nitrogens with one attached hydrogen (secondary N) is 1. The number of nitrogens with zero attached hydrogens (tertiary/aromatic N) is 2. The first-order valence-corrected chi connectivity index (χ1v) is 11.0. The van der Waals surface area contributed by atoms with Crippen molar-refractivity contribution in [1.82, 2.24) is 9.71 Å². The lowest BCUT2D eigenvalue weighted by Gasteiger charge is -2.21. The SMILES string of the molecule is Cc1cc(C)c(S(=O)(=O)N[C@H]2CCN(c3cccc4ncccc34)C2)c(C)c1. The van der Waals surface area contributed by atoms with E-state index in [1.165, 1.54) is 0 Å². The number of aromatic nitrogens is 1. The van der Waals surface area contributed by atoms with Crippen molar-refractivity contribution in [3.8, 4) is 0 Å². The molecule has 0 aliphatic carbocycles. The molecule has 0 amide bonds. The number of benzene rings is 2. The van der Waals surface area contributed by atoms with Gasteiger partial charge in [-0.3, -0.25) is 4.98 Å². The van der Waals surface area contributed by atoms with Crippen molar-refractivity contribution in [2.75, 3.05) is 18.0 Å². The number of hydrogen-bond donors (Lipinski definition) is 1. The first kappa shape index (κ1) is 18.9. The maximum absolute atomic E-state index is 13.1. The molecule has 0 saturated carbocycles. The quantitative estimate of drug-likeness (QED) is 0.731. The number of pyridine rings is 1. The Morgan fingerprint density at radius 2 is 1.82 bits per heavy atom. The van der Waals surface area contributed by atoms with E-state index >= 15 is 0 Å². The van der Waals surface area contributed by atoms with E-state index in [0.717, 1.165) is 46.2 Å². The standard InChI is InChI=1S/C22H25N3O2S/c1-15-12-16(2)22(17(3)13-15)28(26,27)24-18-9-11-25(14-18)21-8-4-7-20-19(21)6-5-10-23-20/h4-8,10,12-13,18,24H,9,11,14H2,1-3H3/t18-/m0/s1. The van der Waals surface area contributed by atoms with Gasteiger partial charge < -0.3 is 4.90 Å². The number of aryl methyl sites for hydroxylation is 3. The molecule has 1 fully saturated rings. The molecule has 1 aliphatic heterocycles. The Bertz CT molecular complexity index is 1110. The second-order valence-electron chi connectivity index (χ2n) is 7.63. The predicted octanol–water partition coefficient (Wildman–Crippen LogP) is 3.72. The van der Waals surface area contributed by atoms with Crippen molar-refractivity contribution in [2.24, 2.45) is 0 Å². The van der Waals surface area contributed by atoms with Gasteiger partial charge in [-0.25, -0.2) is 13.1 Å². The van der Waals surface area contributed by atoms with Crippen molar-refractivity contribution in [1.29, 1.82) is 0 Å². The summed E-state index contributed by atoms with van der Waals surface area (Å²) in [5, 5.41) is 1.10. The molecule has 0 bridgehead atoms. The molecule has 2 aromatic carbocycles. The van der Waals surface area contributed by atoms with Crippen LogP contribution in [0.2, 0.25) is 0 Å². The average Bonchev–Trinajstić information content (AvgIpc) is 3.07. The van der Waals surface area contributed by atoms with Crippen LogP contribution in [0, 0.1) is 20.8 Å². The van der Waals surface area contributed by atoms with E-state index in [1.54, 1.807) is 6.20 Å². The summed E-state index contributed by atoms with van der Waals surface area (Å²) in [5.74, 6) is 0. The minimum Gasteiger partial charge on any atom is -0.369 e. The normalized spacial score (nSPS) is 17.4. The minimum atomic E-state index is -3.56. The van der Waals surface area contributed by atoms with E-state index in [4.69, 9.17) is 0 Å². The highest BCUT2D eigenvalue weighted by molar-refractivity contribution is 7.89. The van der Waals surface area contributed by atoms with Crippen LogP contribution in [0.25, 0.3) is 10.9 Å². The highest BCUT2D eigenvalue weighted by Gasteiger charge is 2.29. The Morgan fingerprint density at radius 3 is 2.57 bits per heavy atom. The van der Waals surface area contributed by atoms with Crippen LogP contribution in [-0.2, 0) is 10.0 Å². The average molecular weight is 396 g/mol. The van der Waals surface area contributed by atoms with Crippen LogP contribution in [0.4, 0.5) is 5.69 Å². The Kier molecular flexibility index (Phi) is 4.85. The first-order valence-electron chi connectivity index (χ1n) is 9.54. The highest BCUT2D eigenvalue weighted by atomic mass is 32.2. The zero-order valence-corrected chi connectivity index (χ0v) is 17.3. The molecule has 6 heteroatoms. The molecule has 1 N–H and O–H groups in total. The monoisotopic (exact) mass is 395 g/mol. The summed E-state index contributed by atoms with van der Waals surface area (Å²) in [6.45, 7) is 7.17. The molecule has 146 valence electrons.